The predicted molar refractivity (Wildman–Crippen MR) is 116 cm³/mol. The van der Waals surface area contributed by atoms with Crippen molar-refractivity contribution in [3.8, 4) is 0 Å². The minimum Gasteiger partial charge on any atom is -0.598 e. The number of rotatable bonds is 5. The minimum absolute atomic E-state index is 0.310. The van der Waals surface area contributed by atoms with Gasteiger partial charge in [-0.1, -0.05) is 12.1 Å². The van der Waals surface area contributed by atoms with E-state index in [1.165, 1.54) is 12.1 Å². The van der Waals surface area contributed by atoms with Gasteiger partial charge in [-0.05, 0) is 52.4 Å². The van der Waals surface area contributed by atoms with E-state index >= 15 is 0 Å². The Balaban J connectivity index is 1.92. The van der Waals surface area contributed by atoms with E-state index in [2.05, 4.69) is 31.5 Å². The Morgan fingerprint density at radius 3 is 2.03 bits per heavy atom. The van der Waals surface area contributed by atoms with E-state index in [0.717, 1.165) is 37.3 Å². The average molecular weight is 420 g/mol. The van der Waals surface area contributed by atoms with Crippen molar-refractivity contribution in [2.24, 2.45) is 0 Å². The number of hydrogen-bond acceptors (Lipinski definition) is 6. The Bertz CT molecular complexity index is 803. The van der Waals surface area contributed by atoms with Crippen LogP contribution < -0.4 is 9.62 Å². The lowest BCUT2D eigenvalue weighted by Crippen LogP contribution is -2.50. The molecule has 2 heterocycles. The molecule has 1 N–H and O–H groups in total. The van der Waals surface area contributed by atoms with Crippen LogP contribution in [0.5, 0.6) is 0 Å². The van der Waals surface area contributed by atoms with Crippen LogP contribution >= 0.6 is 0 Å². The van der Waals surface area contributed by atoms with Crippen LogP contribution in [0.3, 0.4) is 0 Å². The number of nitrogens with zero attached hydrogens (tertiary/aromatic N) is 4. The third kappa shape index (κ3) is 5.06. The second-order valence-electron chi connectivity index (χ2n) is 8.68. The van der Waals surface area contributed by atoms with Crippen LogP contribution in [0.1, 0.15) is 38.8 Å². The second-order valence-corrected chi connectivity index (χ2v) is 10.6. The van der Waals surface area contributed by atoms with E-state index in [4.69, 9.17) is 0 Å². The van der Waals surface area contributed by atoms with Gasteiger partial charge >= 0.3 is 0 Å². The third-order valence-electron chi connectivity index (χ3n) is 5.28. The van der Waals surface area contributed by atoms with Crippen molar-refractivity contribution in [1.29, 1.82) is 0 Å². The summed E-state index contributed by atoms with van der Waals surface area (Å²) in [6, 6.07) is 6.23. The van der Waals surface area contributed by atoms with Gasteiger partial charge in [-0.15, -0.1) is 4.72 Å². The molecule has 6 nitrogen and oxygen atoms in total. The predicted octanol–water partition coefficient (Wildman–Crippen LogP) is 2.68. The highest BCUT2D eigenvalue weighted by atomic mass is 32.2. The summed E-state index contributed by atoms with van der Waals surface area (Å²) < 4.78 is 29.2. The lowest BCUT2D eigenvalue weighted by atomic mass is 9.87. The molecular weight excluding hydrogens is 389 g/mol. The maximum Gasteiger partial charge on any atom is 0.225 e. The van der Waals surface area contributed by atoms with E-state index in [0.29, 0.717) is 5.95 Å². The SMILES string of the molecule is CN1CCN(c2ncc(C(C)(N[S+]([O-])C(C)(C)C)c3ccc(F)cc3)cn2)CC1. The second kappa shape index (κ2) is 8.55. The van der Waals surface area contributed by atoms with Crippen LogP contribution in [0.25, 0.3) is 0 Å². The molecule has 2 unspecified atom stereocenters. The van der Waals surface area contributed by atoms with Gasteiger partial charge in [0, 0.05) is 55.5 Å². The van der Waals surface area contributed by atoms with Crippen molar-refractivity contribution >= 4 is 17.3 Å². The van der Waals surface area contributed by atoms with Crippen LogP contribution in [0, 0.1) is 5.82 Å². The monoisotopic (exact) mass is 419 g/mol. The molecule has 1 aromatic carbocycles. The number of aromatic nitrogens is 2. The molecule has 1 aromatic heterocycles. The van der Waals surface area contributed by atoms with Gasteiger partial charge < -0.3 is 14.4 Å². The minimum atomic E-state index is -1.34. The Labute approximate surface area is 175 Å². The number of halogens is 1. The summed E-state index contributed by atoms with van der Waals surface area (Å²) in [6.45, 7) is 11.4. The summed E-state index contributed by atoms with van der Waals surface area (Å²) in [4.78, 5) is 13.6. The molecule has 29 heavy (non-hydrogen) atoms. The van der Waals surface area contributed by atoms with Crippen molar-refractivity contribution in [3.05, 3.63) is 53.6 Å². The molecule has 0 amide bonds. The summed E-state index contributed by atoms with van der Waals surface area (Å²) in [5.41, 5.74) is 0.749. The summed E-state index contributed by atoms with van der Waals surface area (Å²) in [5, 5.41) is 0. The standard InChI is InChI=1S/C21H30FN5OS/c1-20(2,3)29(28)25-21(4,16-6-8-18(22)9-7-16)17-14-23-19(24-15-17)27-12-10-26(5)11-13-27/h6-9,14-15,25H,10-13H2,1-5H3. The van der Waals surface area contributed by atoms with Gasteiger partial charge in [0.25, 0.3) is 0 Å². The van der Waals surface area contributed by atoms with Crippen molar-refractivity contribution in [2.75, 3.05) is 38.1 Å². The lowest BCUT2D eigenvalue weighted by molar-refractivity contribution is 0.311. The fourth-order valence-electron chi connectivity index (χ4n) is 3.16. The van der Waals surface area contributed by atoms with Crippen molar-refractivity contribution in [1.82, 2.24) is 19.6 Å². The first kappa shape index (κ1) is 22.0. The van der Waals surface area contributed by atoms with E-state index in [1.807, 2.05) is 27.7 Å². The quantitative estimate of drug-likeness (QED) is 0.752. The molecule has 2 aromatic rings. The average Bonchev–Trinajstić information content (AvgIpc) is 2.68. The van der Waals surface area contributed by atoms with Crippen molar-refractivity contribution in [3.63, 3.8) is 0 Å². The molecule has 1 fully saturated rings. The number of likely N-dealkylation sites (N-methyl/N-ethyl adjacent to an activating group) is 1. The summed E-state index contributed by atoms with van der Waals surface area (Å²) in [7, 11) is 2.11. The van der Waals surface area contributed by atoms with Gasteiger partial charge in [-0.2, -0.15) is 0 Å². The zero-order valence-corrected chi connectivity index (χ0v) is 18.6. The number of hydrogen-bond donors (Lipinski definition) is 1. The fourth-order valence-corrected chi connectivity index (χ4v) is 4.07. The van der Waals surface area contributed by atoms with E-state index in [-0.39, 0.29) is 5.82 Å². The van der Waals surface area contributed by atoms with Crippen molar-refractivity contribution < 1.29 is 8.94 Å². The number of nitrogens with one attached hydrogen (secondary N) is 1. The maximum absolute atomic E-state index is 13.5. The molecule has 3 rings (SSSR count). The van der Waals surface area contributed by atoms with Gasteiger partial charge in [0.05, 0.1) is 0 Å². The Kier molecular flexibility index (Phi) is 6.48. The normalized spacial score (nSPS) is 19.1. The van der Waals surface area contributed by atoms with Gasteiger partial charge in [0.2, 0.25) is 5.95 Å². The molecule has 1 aliphatic rings. The van der Waals surface area contributed by atoms with E-state index in [9.17, 15) is 8.94 Å². The van der Waals surface area contributed by atoms with Crippen molar-refractivity contribution in [2.45, 2.75) is 38.0 Å². The lowest BCUT2D eigenvalue weighted by Gasteiger charge is -2.36. The molecule has 1 aliphatic heterocycles. The molecule has 0 saturated carbocycles. The largest absolute Gasteiger partial charge is 0.598 e. The molecule has 0 bridgehead atoms. The molecule has 8 heteroatoms. The summed E-state index contributed by atoms with van der Waals surface area (Å²) >= 11 is -1.34. The Morgan fingerprint density at radius 2 is 1.52 bits per heavy atom. The van der Waals surface area contributed by atoms with Crippen LogP contribution in [-0.4, -0.2) is 57.4 Å². The Morgan fingerprint density at radius 1 is 0.966 bits per heavy atom. The highest BCUT2D eigenvalue weighted by Gasteiger charge is 2.39. The van der Waals surface area contributed by atoms with Crippen LogP contribution in [0.4, 0.5) is 10.3 Å². The fraction of sp³-hybridized carbons (Fsp3) is 0.524. The number of anilines is 1. The molecule has 2 atom stereocenters. The highest BCUT2D eigenvalue weighted by molar-refractivity contribution is 7.90. The highest BCUT2D eigenvalue weighted by Crippen LogP contribution is 2.32. The molecule has 0 spiro atoms. The first-order valence-corrected chi connectivity index (χ1v) is 11.0. The van der Waals surface area contributed by atoms with Crippen LogP contribution in [0.15, 0.2) is 36.7 Å². The molecule has 0 radical (unpaired) electrons. The smallest absolute Gasteiger partial charge is 0.225 e. The topological polar surface area (TPSA) is 67.3 Å². The van der Waals surface area contributed by atoms with Crippen LogP contribution in [-0.2, 0) is 16.9 Å². The Hall–Kier alpha value is -1.74. The summed E-state index contributed by atoms with van der Waals surface area (Å²) in [6.07, 6.45) is 3.55. The van der Waals surface area contributed by atoms with Gasteiger partial charge in [-0.25, -0.2) is 14.4 Å². The summed E-state index contributed by atoms with van der Waals surface area (Å²) in [5.74, 6) is 0.384. The first-order chi connectivity index (χ1) is 13.6. The molecule has 1 saturated heterocycles. The van der Waals surface area contributed by atoms with E-state index < -0.39 is 21.6 Å². The molecule has 158 valence electrons. The number of benzene rings is 1. The molecule has 0 aliphatic carbocycles. The van der Waals surface area contributed by atoms with Gasteiger partial charge in [-0.3, -0.25) is 0 Å². The van der Waals surface area contributed by atoms with Crippen LogP contribution in [0.2, 0.25) is 0 Å². The zero-order valence-electron chi connectivity index (χ0n) is 17.8. The third-order valence-corrected chi connectivity index (χ3v) is 6.98. The maximum atomic E-state index is 13.5. The van der Waals surface area contributed by atoms with E-state index in [1.54, 1.807) is 24.5 Å². The molecular formula is C21H30FN5OS. The first-order valence-electron chi connectivity index (χ1n) is 9.81. The number of piperazine rings is 1. The zero-order chi connectivity index (χ0) is 21.2. The van der Waals surface area contributed by atoms with Gasteiger partial charge in [0.15, 0.2) is 0 Å². The van der Waals surface area contributed by atoms with Gasteiger partial charge in [0.1, 0.15) is 16.1 Å².